The van der Waals surface area contributed by atoms with Crippen LogP contribution in [0.2, 0.25) is 0 Å². The molecule has 0 aromatic heterocycles. The molecule has 1 heterocycles. The first-order chi connectivity index (χ1) is 9.72. The molecule has 0 bridgehead atoms. The molecule has 1 N–H and O–H groups in total. The Morgan fingerprint density at radius 3 is 2.55 bits per heavy atom. The predicted molar refractivity (Wildman–Crippen MR) is 84.8 cm³/mol. The Bertz CT molecular complexity index is 424. The second-order valence-corrected chi connectivity index (χ2v) is 6.83. The van der Waals surface area contributed by atoms with Gasteiger partial charge in [-0.25, -0.2) is 0 Å². The lowest BCUT2D eigenvalue weighted by atomic mass is 9.89. The zero-order chi connectivity index (χ0) is 14.0. The molecule has 0 amide bonds. The number of hydrogen-bond donors (Lipinski definition) is 1. The van der Waals surface area contributed by atoms with Crippen LogP contribution in [-0.2, 0) is 0 Å². The Hall–Kier alpha value is -0.860. The minimum Gasteiger partial charge on any atom is -0.308 e. The van der Waals surface area contributed by atoms with Crippen LogP contribution in [0.4, 0.5) is 0 Å². The molecule has 2 nitrogen and oxygen atoms in total. The van der Waals surface area contributed by atoms with Gasteiger partial charge in [0.1, 0.15) is 0 Å². The third kappa shape index (κ3) is 2.77. The Kier molecular flexibility index (Phi) is 4.13. The molecule has 2 aliphatic rings. The van der Waals surface area contributed by atoms with Gasteiger partial charge < -0.3 is 5.32 Å². The zero-order valence-electron chi connectivity index (χ0n) is 12.9. The fourth-order valence-electron chi connectivity index (χ4n) is 3.87. The summed E-state index contributed by atoms with van der Waals surface area (Å²) >= 11 is 0. The summed E-state index contributed by atoms with van der Waals surface area (Å²) in [7, 11) is 0. The molecule has 0 spiro atoms. The Balaban J connectivity index is 1.84. The molecule has 3 rings (SSSR count). The van der Waals surface area contributed by atoms with Crippen molar-refractivity contribution >= 4 is 0 Å². The molecule has 2 heteroatoms. The molecule has 1 saturated carbocycles. The van der Waals surface area contributed by atoms with E-state index in [-0.39, 0.29) is 5.54 Å². The average Bonchev–Trinajstić information content (AvgIpc) is 3.02. The van der Waals surface area contributed by atoms with E-state index >= 15 is 0 Å². The third-order valence-corrected chi connectivity index (χ3v) is 5.41. The van der Waals surface area contributed by atoms with E-state index in [1.165, 1.54) is 44.2 Å². The highest BCUT2D eigenvalue weighted by molar-refractivity contribution is 5.21. The van der Waals surface area contributed by atoms with E-state index in [1.807, 2.05) is 0 Å². The normalized spacial score (nSPS) is 32.6. The second kappa shape index (κ2) is 5.87. The van der Waals surface area contributed by atoms with Crippen LogP contribution >= 0.6 is 0 Å². The first kappa shape index (κ1) is 14.1. The van der Waals surface area contributed by atoms with E-state index in [9.17, 15) is 0 Å². The van der Waals surface area contributed by atoms with Gasteiger partial charge in [0.2, 0.25) is 0 Å². The van der Waals surface area contributed by atoms with Crippen molar-refractivity contribution in [1.29, 1.82) is 0 Å². The van der Waals surface area contributed by atoms with Crippen LogP contribution in [0.25, 0.3) is 0 Å². The second-order valence-electron chi connectivity index (χ2n) is 6.83. The predicted octanol–water partition coefficient (Wildman–Crippen LogP) is 3.74. The molecule has 1 saturated heterocycles. The monoisotopic (exact) mass is 272 g/mol. The van der Waals surface area contributed by atoms with Gasteiger partial charge in [-0.05, 0) is 31.7 Å². The fourth-order valence-corrected chi connectivity index (χ4v) is 3.87. The number of nitrogens with zero attached hydrogens (tertiary/aromatic N) is 1. The minimum atomic E-state index is 0.286. The van der Waals surface area contributed by atoms with Crippen molar-refractivity contribution in [2.75, 3.05) is 13.1 Å². The summed E-state index contributed by atoms with van der Waals surface area (Å²) in [6.45, 7) is 6.97. The summed E-state index contributed by atoms with van der Waals surface area (Å²) < 4.78 is 0. The van der Waals surface area contributed by atoms with Crippen LogP contribution in [-0.4, -0.2) is 29.6 Å². The van der Waals surface area contributed by atoms with E-state index in [1.54, 1.807) is 0 Å². The molecule has 2 atom stereocenters. The van der Waals surface area contributed by atoms with Gasteiger partial charge in [0, 0.05) is 30.7 Å². The summed E-state index contributed by atoms with van der Waals surface area (Å²) in [6.07, 6.45) is 6.82. The molecule has 2 fully saturated rings. The van der Waals surface area contributed by atoms with Gasteiger partial charge in [-0.15, -0.1) is 0 Å². The topological polar surface area (TPSA) is 15.3 Å². The van der Waals surface area contributed by atoms with Crippen molar-refractivity contribution < 1.29 is 0 Å². The van der Waals surface area contributed by atoms with E-state index < -0.39 is 0 Å². The molecule has 1 aromatic carbocycles. The van der Waals surface area contributed by atoms with Crippen LogP contribution in [0, 0.1) is 0 Å². The van der Waals surface area contributed by atoms with Crippen molar-refractivity contribution in [1.82, 2.24) is 10.2 Å². The van der Waals surface area contributed by atoms with Gasteiger partial charge in [-0.1, -0.05) is 50.1 Å². The van der Waals surface area contributed by atoms with Crippen molar-refractivity contribution in [2.24, 2.45) is 0 Å². The Morgan fingerprint density at radius 2 is 1.90 bits per heavy atom. The van der Waals surface area contributed by atoms with Crippen LogP contribution < -0.4 is 5.32 Å². The summed E-state index contributed by atoms with van der Waals surface area (Å²) in [5.41, 5.74) is 1.76. The highest BCUT2D eigenvalue weighted by atomic mass is 15.3. The minimum absolute atomic E-state index is 0.286. The van der Waals surface area contributed by atoms with Crippen LogP contribution in [0.3, 0.4) is 0 Å². The number of piperazine rings is 1. The number of hydrogen-bond acceptors (Lipinski definition) is 2. The molecule has 0 radical (unpaired) electrons. The van der Waals surface area contributed by atoms with Gasteiger partial charge in [0.25, 0.3) is 0 Å². The number of nitrogens with one attached hydrogen (secondary N) is 1. The maximum atomic E-state index is 3.81. The Labute approximate surface area is 123 Å². The van der Waals surface area contributed by atoms with Gasteiger partial charge in [0.15, 0.2) is 0 Å². The summed E-state index contributed by atoms with van der Waals surface area (Å²) in [6, 6.07) is 12.4. The lowest BCUT2D eigenvalue weighted by molar-refractivity contribution is 0.0469. The lowest BCUT2D eigenvalue weighted by Gasteiger charge is -2.48. The van der Waals surface area contributed by atoms with Gasteiger partial charge in [-0.2, -0.15) is 0 Å². The maximum Gasteiger partial charge on any atom is 0.0476 e. The number of rotatable bonds is 3. The van der Waals surface area contributed by atoms with E-state index in [2.05, 4.69) is 54.4 Å². The quantitative estimate of drug-likeness (QED) is 0.901. The lowest BCUT2D eigenvalue weighted by Crippen LogP contribution is -2.61. The van der Waals surface area contributed by atoms with Gasteiger partial charge in [-0.3, -0.25) is 4.90 Å². The van der Waals surface area contributed by atoms with Crippen molar-refractivity contribution in [3.63, 3.8) is 0 Å². The van der Waals surface area contributed by atoms with E-state index in [4.69, 9.17) is 0 Å². The van der Waals surface area contributed by atoms with Crippen LogP contribution in [0.15, 0.2) is 30.3 Å². The van der Waals surface area contributed by atoms with Crippen molar-refractivity contribution in [3.8, 4) is 0 Å². The van der Waals surface area contributed by atoms with Crippen LogP contribution in [0.5, 0.6) is 0 Å². The summed E-state index contributed by atoms with van der Waals surface area (Å²) in [5, 5.41) is 3.81. The molecular formula is C18H28N2. The number of benzene rings is 1. The first-order valence-electron chi connectivity index (χ1n) is 8.27. The Morgan fingerprint density at radius 1 is 1.20 bits per heavy atom. The molecule has 2 unspecified atom stereocenters. The van der Waals surface area contributed by atoms with Crippen molar-refractivity contribution in [2.45, 2.75) is 63.6 Å². The van der Waals surface area contributed by atoms with E-state index in [0.29, 0.717) is 6.04 Å². The molecule has 1 aliphatic carbocycles. The van der Waals surface area contributed by atoms with Crippen molar-refractivity contribution in [3.05, 3.63) is 35.9 Å². The third-order valence-electron chi connectivity index (χ3n) is 5.41. The zero-order valence-corrected chi connectivity index (χ0v) is 12.9. The molecule has 20 heavy (non-hydrogen) atoms. The van der Waals surface area contributed by atoms with Gasteiger partial charge >= 0.3 is 0 Å². The summed E-state index contributed by atoms with van der Waals surface area (Å²) in [5.74, 6) is 0. The summed E-state index contributed by atoms with van der Waals surface area (Å²) in [4.78, 5) is 2.81. The molecule has 110 valence electrons. The standard InChI is InChI=1S/C18H28N2/c1-3-18(2)14-20(16-11-7-8-12-16)17(13-19-18)15-9-5-4-6-10-15/h4-6,9-10,16-17,19H,3,7-8,11-14H2,1-2H3. The highest BCUT2D eigenvalue weighted by Gasteiger charge is 2.39. The fraction of sp³-hybridized carbons (Fsp3) is 0.667. The van der Waals surface area contributed by atoms with Crippen LogP contribution in [0.1, 0.15) is 57.6 Å². The molecular weight excluding hydrogens is 244 g/mol. The maximum absolute atomic E-state index is 3.81. The highest BCUT2D eigenvalue weighted by Crippen LogP contribution is 2.35. The average molecular weight is 272 g/mol. The SMILES string of the molecule is CCC1(C)CN(C2CCCC2)C(c2ccccc2)CN1. The molecule has 1 aliphatic heterocycles. The largest absolute Gasteiger partial charge is 0.308 e. The van der Waals surface area contributed by atoms with E-state index in [0.717, 1.165) is 12.6 Å². The molecule has 1 aromatic rings. The smallest absolute Gasteiger partial charge is 0.0476 e. The first-order valence-corrected chi connectivity index (χ1v) is 8.27. The van der Waals surface area contributed by atoms with Gasteiger partial charge in [0.05, 0.1) is 0 Å².